The predicted molar refractivity (Wildman–Crippen MR) is 59.1 cm³/mol. The van der Waals surface area contributed by atoms with Gasteiger partial charge in [-0.05, 0) is 38.6 Å². The first-order valence-electron chi connectivity index (χ1n) is 4.92. The first-order valence-corrected chi connectivity index (χ1v) is 4.92. The molecule has 0 atom stereocenters. The quantitative estimate of drug-likeness (QED) is 0.737. The van der Waals surface area contributed by atoms with Crippen LogP contribution < -0.4 is 10.6 Å². The van der Waals surface area contributed by atoms with E-state index in [1.54, 1.807) is 0 Å². The van der Waals surface area contributed by atoms with Crippen molar-refractivity contribution >= 4 is 0 Å². The van der Waals surface area contributed by atoms with Crippen molar-refractivity contribution in [2.24, 2.45) is 0 Å². The number of nitrogens with zero attached hydrogens (tertiary/aromatic N) is 1. The van der Waals surface area contributed by atoms with E-state index in [-0.39, 0.29) is 5.54 Å². The van der Waals surface area contributed by atoms with Crippen molar-refractivity contribution < 1.29 is 0 Å². The second-order valence-corrected chi connectivity index (χ2v) is 4.09. The lowest BCUT2D eigenvalue weighted by Crippen LogP contribution is -2.45. The molecular formula is C11H19N3. The number of aromatic nitrogens is 1. The highest BCUT2D eigenvalue weighted by atomic mass is 15.0. The summed E-state index contributed by atoms with van der Waals surface area (Å²) < 4.78 is 0. The van der Waals surface area contributed by atoms with E-state index in [1.807, 2.05) is 31.6 Å². The number of nitrogens with one attached hydrogen (secondary N) is 2. The van der Waals surface area contributed by atoms with Gasteiger partial charge in [0.05, 0.1) is 0 Å². The molecule has 1 aromatic heterocycles. The van der Waals surface area contributed by atoms with E-state index in [1.165, 1.54) is 5.56 Å². The molecule has 0 bridgehead atoms. The zero-order chi connectivity index (χ0) is 10.4. The zero-order valence-corrected chi connectivity index (χ0v) is 9.17. The molecule has 0 aliphatic carbocycles. The molecule has 0 amide bonds. The van der Waals surface area contributed by atoms with Gasteiger partial charge < -0.3 is 10.6 Å². The average Bonchev–Trinajstić information content (AvgIpc) is 2.19. The summed E-state index contributed by atoms with van der Waals surface area (Å²) >= 11 is 0. The van der Waals surface area contributed by atoms with Gasteiger partial charge in [-0.2, -0.15) is 0 Å². The summed E-state index contributed by atoms with van der Waals surface area (Å²) in [6.07, 6.45) is 3.64. The van der Waals surface area contributed by atoms with E-state index < -0.39 is 0 Å². The van der Waals surface area contributed by atoms with Crippen LogP contribution in [0.5, 0.6) is 0 Å². The van der Waals surface area contributed by atoms with Crippen molar-refractivity contribution in [2.75, 3.05) is 13.6 Å². The fraction of sp³-hybridized carbons (Fsp3) is 0.545. The monoisotopic (exact) mass is 193 g/mol. The Labute approximate surface area is 85.9 Å². The van der Waals surface area contributed by atoms with E-state index in [0.29, 0.717) is 0 Å². The molecule has 2 N–H and O–H groups in total. The van der Waals surface area contributed by atoms with Crippen LogP contribution in [-0.2, 0) is 6.54 Å². The molecule has 1 rings (SSSR count). The molecule has 0 fully saturated rings. The summed E-state index contributed by atoms with van der Waals surface area (Å²) in [5.74, 6) is 0. The van der Waals surface area contributed by atoms with Crippen molar-refractivity contribution in [2.45, 2.75) is 25.9 Å². The Balaban J connectivity index is 2.29. The maximum Gasteiger partial charge on any atom is 0.0271 e. The topological polar surface area (TPSA) is 37.0 Å². The van der Waals surface area contributed by atoms with Crippen molar-refractivity contribution in [3.05, 3.63) is 30.1 Å². The third-order valence-corrected chi connectivity index (χ3v) is 2.32. The van der Waals surface area contributed by atoms with Crippen molar-refractivity contribution in [1.82, 2.24) is 15.6 Å². The van der Waals surface area contributed by atoms with E-state index in [0.717, 1.165) is 13.1 Å². The van der Waals surface area contributed by atoms with Crippen molar-refractivity contribution in [1.29, 1.82) is 0 Å². The summed E-state index contributed by atoms with van der Waals surface area (Å²) in [5, 5.41) is 6.66. The first kappa shape index (κ1) is 11.1. The Morgan fingerprint density at radius 2 is 1.93 bits per heavy atom. The second-order valence-electron chi connectivity index (χ2n) is 4.09. The van der Waals surface area contributed by atoms with E-state index >= 15 is 0 Å². The van der Waals surface area contributed by atoms with Crippen LogP contribution in [-0.4, -0.2) is 24.1 Å². The Kier molecular flexibility index (Phi) is 4.04. The highest BCUT2D eigenvalue weighted by Gasteiger charge is 2.12. The molecule has 1 aromatic rings. The molecular weight excluding hydrogens is 174 g/mol. The normalized spacial score (nSPS) is 11.6. The maximum absolute atomic E-state index is 3.98. The number of hydrogen-bond donors (Lipinski definition) is 2. The van der Waals surface area contributed by atoms with Crippen LogP contribution in [0.1, 0.15) is 19.4 Å². The van der Waals surface area contributed by atoms with Gasteiger partial charge in [0, 0.05) is 31.0 Å². The summed E-state index contributed by atoms with van der Waals surface area (Å²) in [5.41, 5.74) is 1.42. The molecule has 3 nitrogen and oxygen atoms in total. The van der Waals surface area contributed by atoms with Crippen molar-refractivity contribution in [3.63, 3.8) is 0 Å². The molecule has 0 saturated carbocycles. The van der Waals surface area contributed by atoms with Gasteiger partial charge in [-0.3, -0.25) is 4.98 Å². The smallest absolute Gasteiger partial charge is 0.0271 e. The SMILES string of the molecule is CNC(C)(C)CNCc1ccncc1. The largest absolute Gasteiger partial charge is 0.314 e. The molecule has 0 unspecified atom stereocenters. The second kappa shape index (κ2) is 5.08. The Hall–Kier alpha value is -0.930. The maximum atomic E-state index is 3.98. The van der Waals surface area contributed by atoms with Gasteiger partial charge in [0.2, 0.25) is 0 Å². The van der Waals surface area contributed by atoms with Gasteiger partial charge in [0.15, 0.2) is 0 Å². The lowest BCUT2D eigenvalue weighted by molar-refractivity contribution is 0.393. The van der Waals surface area contributed by atoms with Crippen molar-refractivity contribution in [3.8, 4) is 0 Å². The Morgan fingerprint density at radius 3 is 2.50 bits per heavy atom. The van der Waals surface area contributed by atoms with Gasteiger partial charge in [-0.15, -0.1) is 0 Å². The number of pyridine rings is 1. The lowest BCUT2D eigenvalue weighted by Gasteiger charge is -2.24. The summed E-state index contributed by atoms with van der Waals surface area (Å²) in [6, 6.07) is 4.05. The van der Waals surface area contributed by atoms with E-state index in [9.17, 15) is 0 Å². The molecule has 0 aliphatic rings. The molecule has 0 radical (unpaired) electrons. The van der Waals surface area contributed by atoms with Crippen LogP contribution in [0.3, 0.4) is 0 Å². The number of rotatable bonds is 5. The predicted octanol–water partition coefficient (Wildman–Crippen LogP) is 1.17. The molecule has 1 heterocycles. The van der Waals surface area contributed by atoms with Crippen LogP contribution in [0.4, 0.5) is 0 Å². The van der Waals surface area contributed by atoms with E-state index in [2.05, 4.69) is 29.5 Å². The summed E-state index contributed by atoms with van der Waals surface area (Å²) in [6.45, 7) is 6.19. The molecule has 78 valence electrons. The Morgan fingerprint density at radius 1 is 1.29 bits per heavy atom. The molecule has 0 aromatic carbocycles. The molecule has 0 spiro atoms. The minimum Gasteiger partial charge on any atom is -0.314 e. The fourth-order valence-electron chi connectivity index (χ4n) is 1.11. The number of likely N-dealkylation sites (N-methyl/N-ethyl adjacent to an activating group) is 1. The van der Waals surface area contributed by atoms with E-state index in [4.69, 9.17) is 0 Å². The van der Waals surface area contributed by atoms with Crippen LogP contribution in [0, 0.1) is 0 Å². The molecule has 3 heteroatoms. The standard InChI is InChI=1S/C11H19N3/c1-11(2,12-3)9-14-8-10-4-6-13-7-5-10/h4-7,12,14H,8-9H2,1-3H3. The third kappa shape index (κ3) is 3.85. The van der Waals surface area contributed by atoms with Gasteiger partial charge in [-0.1, -0.05) is 0 Å². The van der Waals surface area contributed by atoms with Gasteiger partial charge >= 0.3 is 0 Å². The van der Waals surface area contributed by atoms with Crippen LogP contribution in [0.15, 0.2) is 24.5 Å². The Bertz CT molecular complexity index is 256. The van der Waals surface area contributed by atoms with Gasteiger partial charge in [0.1, 0.15) is 0 Å². The number of hydrogen-bond acceptors (Lipinski definition) is 3. The average molecular weight is 193 g/mol. The van der Waals surface area contributed by atoms with Crippen LogP contribution in [0.2, 0.25) is 0 Å². The zero-order valence-electron chi connectivity index (χ0n) is 9.17. The highest BCUT2D eigenvalue weighted by molar-refractivity contribution is 5.09. The summed E-state index contributed by atoms with van der Waals surface area (Å²) in [4.78, 5) is 3.98. The van der Waals surface area contributed by atoms with Crippen LogP contribution >= 0.6 is 0 Å². The molecule has 0 saturated heterocycles. The molecule has 0 aliphatic heterocycles. The summed E-state index contributed by atoms with van der Waals surface area (Å²) in [7, 11) is 1.98. The fourth-order valence-corrected chi connectivity index (χ4v) is 1.11. The third-order valence-electron chi connectivity index (χ3n) is 2.32. The minimum absolute atomic E-state index is 0.146. The van der Waals surface area contributed by atoms with Crippen LogP contribution in [0.25, 0.3) is 0 Å². The lowest BCUT2D eigenvalue weighted by atomic mass is 10.1. The van der Waals surface area contributed by atoms with Gasteiger partial charge in [-0.25, -0.2) is 0 Å². The minimum atomic E-state index is 0.146. The first-order chi connectivity index (χ1) is 6.64. The highest BCUT2D eigenvalue weighted by Crippen LogP contribution is 2.00. The molecule has 14 heavy (non-hydrogen) atoms. The van der Waals surface area contributed by atoms with Gasteiger partial charge in [0.25, 0.3) is 0 Å².